The number of nitrogens with one attached hydrogen (secondary N) is 1. The van der Waals surface area contributed by atoms with Crippen molar-refractivity contribution in [1.29, 1.82) is 0 Å². The van der Waals surface area contributed by atoms with Gasteiger partial charge in [0.05, 0.1) is 6.10 Å². The molecule has 2 heteroatoms. The molecule has 1 N–H and O–H groups in total. The Morgan fingerprint density at radius 1 is 1.40 bits per heavy atom. The fraction of sp³-hybridized carbons (Fsp3) is 1.00. The molecule has 0 spiro atoms. The molecule has 0 bridgehead atoms. The van der Waals surface area contributed by atoms with E-state index >= 15 is 0 Å². The van der Waals surface area contributed by atoms with Gasteiger partial charge in [0.15, 0.2) is 0 Å². The molecule has 1 aliphatic heterocycles. The molecule has 15 heavy (non-hydrogen) atoms. The predicted octanol–water partition coefficient (Wildman–Crippen LogP) is 2.83. The van der Waals surface area contributed by atoms with E-state index < -0.39 is 0 Å². The van der Waals surface area contributed by atoms with Crippen molar-refractivity contribution in [3.63, 3.8) is 0 Å². The van der Waals surface area contributed by atoms with Gasteiger partial charge in [0.1, 0.15) is 0 Å². The average Bonchev–Trinajstić information content (AvgIpc) is 2.12. The Morgan fingerprint density at radius 3 is 2.60 bits per heavy atom. The summed E-state index contributed by atoms with van der Waals surface area (Å²) in [5.74, 6) is 0.718. The van der Waals surface area contributed by atoms with Crippen LogP contribution < -0.4 is 5.32 Å². The van der Waals surface area contributed by atoms with Crippen molar-refractivity contribution in [2.24, 2.45) is 11.3 Å². The van der Waals surface area contributed by atoms with E-state index in [1.54, 1.807) is 0 Å². The van der Waals surface area contributed by atoms with Crippen LogP contribution >= 0.6 is 0 Å². The van der Waals surface area contributed by atoms with Crippen molar-refractivity contribution >= 4 is 0 Å². The van der Waals surface area contributed by atoms with Crippen LogP contribution in [0.3, 0.4) is 0 Å². The van der Waals surface area contributed by atoms with E-state index in [0.29, 0.717) is 17.6 Å². The monoisotopic (exact) mass is 213 g/mol. The van der Waals surface area contributed by atoms with Crippen LogP contribution in [-0.2, 0) is 4.74 Å². The van der Waals surface area contributed by atoms with E-state index in [0.717, 1.165) is 25.5 Å². The molecule has 0 aromatic carbocycles. The van der Waals surface area contributed by atoms with E-state index in [1.165, 1.54) is 6.42 Å². The Morgan fingerprint density at radius 2 is 2.07 bits per heavy atom. The summed E-state index contributed by atoms with van der Waals surface area (Å²) in [7, 11) is 0. The maximum absolute atomic E-state index is 5.54. The van der Waals surface area contributed by atoms with Gasteiger partial charge in [0.2, 0.25) is 0 Å². The van der Waals surface area contributed by atoms with E-state index in [2.05, 4.69) is 39.9 Å². The molecule has 0 aromatic heterocycles. The van der Waals surface area contributed by atoms with Gasteiger partial charge in [-0.15, -0.1) is 0 Å². The van der Waals surface area contributed by atoms with Crippen LogP contribution in [0.5, 0.6) is 0 Å². The highest BCUT2D eigenvalue weighted by molar-refractivity contribution is 4.78. The van der Waals surface area contributed by atoms with Crippen LogP contribution in [-0.4, -0.2) is 25.3 Å². The van der Waals surface area contributed by atoms with Gasteiger partial charge in [0, 0.05) is 12.6 Å². The normalized spacial score (nSPS) is 30.2. The third kappa shape index (κ3) is 4.52. The van der Waals surface area contributed by atoms with Gasteiger partial charge in [-0.25, -0.2) is 0 Å². The topological polar surface area (TPSA) is 21.3 Å². The minimum atomic E-state index is 0.407. The first-order valence-corrected chi connectivity index (χ1v) is 6.24. The summed E-state index contributed by atoms with van der Waals surface area (Å²) in [6.07, 6.45) is 2.76. The Kier molecular flexibility index (Phi) is 4.60. The Labute approximate surface area is 94.8 Å². The summed E-state index contributed by atoms with van der Waals surface area (Å²) >= 11 is 0. The van der Waals surface area contributed by atoms with Gasteiger partial charge in [0.25, 0.3) is 0 Å². The lowest BCUT2D eigenvalue weighted by Gasteiger charge is -2.32. The zero-order chi connectivity index (χ0) is 11.5. The van der Waals surface area contributed by atoms with Crippen molar-refractivity contribution in [1.82, 2.24) is 5.32 Å². The quantitative estimate of drug-likeness (QED) is 0.778. The summed E-state index contributed by atoms with van der Waals surface area (Å²) < 4.78 is 5.54. The predicted molar refractivity (Wildman–Crippen MR) is 65.1 cm³/mol. The second-order valence-electron chi connectivity index (χ2n) is 6.08. The lowest BCUT2D eigenvalue weighted by molar-refractivity contribution is 0.0119. The molecule has 0 saturated carbocycles. The van der Waals surface area contributed by atoms with E-state index in [4.69, 9.17) is 4.74 Å². The van der Waals surface area contributed by atoms with Crippen LogP contribution in [0.4, 0.5) is 0 Å². The van der Waals surface area contributed by atoms with E-state index in [1.807, 2.05) is 0 Å². The molecular formula is C13H27NO. The van der Waals surface area contributed by atoms with Crippen molar-refractivity contribution in [2.75, 3.05) is 13.2 Å². The largest absolute Gasteiger partial charge is 0.378 e. The van der Waals surface area contributed by atoms with Crippen LogP contribution in [0, 0.1) is 11.3 Å². The van der Waals surface area contributed by atoms with Crippen LogP contribution in [0.2, 0.25) is 0 Å². The van der Waals surface area contributed by atoms with Crippen LogP contribution in [0.15, 0.2) is 0 Å². The van der Waals surface area contributed by atoms with Crippen LogP contribution in [0.1, 0.15) is 47.5 Å². The highest BCUT2D eigenvalue weighted by Crippen LogP contribution is 2.25. The van der Waals surface area contributed by atoms with Crippen LogP contribution in [0.25, 0.3) is 0 Å². The maximum Gasteiger partial charge on any atom is 0.0561 e. The first kappa shape index (κ1) is 13.0. The van der Waals surface area contributed by atoms with Gasteiger partial charge in [-0.05, 0) is 37.6 Å². The fourth-order valence-corrected chi connectivity index (χ4v) is 1.83. The molecule has 0 radical (unpaired) electrons. The third-order valence-corrected chi connectivity index (χ3v) is 3.68. The van der Waals surface area contributed by atoms with Crippen molar-refractivity contribution in [3.05, 3.63) is 0 Å². The molecule has 1 rings (SSSR count). The summed E-state index contributed by atoms with van der Waals surface area (Å²) in [6.45, 7) is 13.5. The summed E-state index contributed by atoms with van der Waals surface area (Å²) in [5, 5.41) is 3.68. The smallest absolute Gasteiger partial charge is 0.0561 e. The molecule has 3 unspecified atom stereocenters. The molecule has 0 aromatic rings. The SMILES string of the molecule is CC1CC(NCC(C)C(C)(C)C)CCO1. The Bertz CT molecular complexity index is 185. The van der Waals surface area contributed by atoms with Crippen molar-refractivity contribution in [3.8, 4) is 0 Å². The molecule has 2 nitrogen and oxygen atoms in total. The molecule has 0 aliphatic carbocycles. The average molecular weight is 213 g/mol. The van der Waals surface area contributed by atoms with Gasteiger partial charge >= 0.3 is 0 Å². The summed E-state index contributed by atoms with van der Waals surface area (Å²) in [6, 6.07) is 0.665. The fourth-order valence-electron chi connectivity index (χ4n) is 1.83. The molecule has 1 heterocycles. The van der Waals surface area contributed by atoms with Gasteiger partial charge in [-0.3, -0.25) is 0 Å². The minimum absolute atomic E-state index is 0.407. The second-order valence-corrected chi connectivity index (χ2v) is 6.08. The maximum atomic E-state index is 5.54. The highest BCUT2D eigenvalue weighted by Gasteiger charge is 2.23. The van der Waals surface area contributed by atoms with Crippen molar-refractivity contribution in [2.45, 2.75) is 59.6 Å². The Hall–Kier alpha value is -0.0800. The molecule has 90 valence electrons. The zero-order valence-electron chi connectivity index (χ0n) is 11.0. The number of hydrogen-bond acceptors (Lipinski definition) is 2. The number of hydrogen-bond donors (Lipinski definition) is 1. The summed E-state index contributed by atoms with van der Waals surface area (Å²) in [4.78, 5) is 0. The Balaban J connectivity index is 2.24. The standard InChI is InChI=1S/C13H27NO/c1-10(13(3,4)5)9-14-12-6-7-15-11(2)8-12/h10-12,14H,6-9H2,1-5H3. The molecule has 1 aliphatic rings. The number of rotatable bonds is 3. The molecule has 1 fully saturated rings. The first-order valence-electron chi connectivity index (χ1n) is 6.24. The molecule has 1 saturated heterocycles. The number of ether oxygens (including phenoxy) is 1. The van der Waals surface area contributed by atoms with E-state index in [9.17, 15) is 0 Å². The molecular weight excluding hydrogens is 186 g/mol. The van der Waals surface area contributed by atoms with E-state index in [-0.39, 0.29) is 0 Å². The first-order chi connectivity index (χ1) is 6.89. The van der Waals surface area contributed by atoms with Gasteiger partial charge in [-0.2, -0.15) is 0 Å². The third-order valence-electron chi connectivity index (χ3n) is 3.68. The minimum Gasteiger partial charge on any atom is -0.378 e. The molecule has 0 amide bonds. The lowest BCUT2D eigenvalue weighted by Crippen LogP contribution is -2.41. The highest BCUT2D eigenvalue weighted by atomic mass is 16.5. The van der Waals surface area contributed by atoms with Gasteiger partial charge < -0.3 is 10.1 Å². The van der Waals surface area contributed by atoms with Gasteiger partial charge in [-0.1, -0.05) is 27.7 Å². The molecule has 3 atom stereocenters. The summed E-state index contributed by atoms with van der Waals surface area (Å²) in [5.41, 5.74) is 0.407. The van der Waals surface area contributed by atoms with Crippen molar-refractivity contribution < 1.29 is 4.74 Å². The second kappa shape index (κ2) is 5.31. The zero-order valence-corrected chi connectivity index (χ0v) is 11.0. The lowest BCUT2D eigenvalue weighted by atomic mass is 9.82.